The molecule has 4 aromatic carbocycles. The second-order valence-corrected chi connectivity index (χ2v) is 10.6. The summed E-state index contributed by atoms with van der Waals surface area (Å²) in [7, 11) is 0. The topological polar surface area (TPSA) is 80.7 Å². The zero-order valence-electron chi connectivity index (χ0n) is 22.4. The van der Waals surface area contributed by atoms with Gasteiger partial charge in [0.15, 0.2) is 6.17 Å². The van der Waals surface area contributed by atoms with E-state index in [2.05, 4.69) is 0 Å². The largest absolute Gasteiger partial charge is 0.447 e. The molecular formula is C31H30N4O4. The predicted octanol–water partition coefficient (Wildman–Crippen LogP) is 5.92. The molecule has 1 aliphatic heterocycles. The van der Waals surface area contributed by atoms with Crippen molar-refractivity contribution in [2.75, 3.05) is 4.90 Å². The minimum Gasteiger partial charge on any atom is -0.314 e. The van der Waals surface area contributed by atoms with Gasteiger partial charge in [0.1, 0.15) is 0 Å². The normalized spacial score (nSPS) is 17.8. The van der Waals surface area contributed by atoms with E-state index >= 15 is 0 Å². The lowest BCUT2D eigenvalue weighted by Crippen LogP contribution is -2.50. The molecule has 5 aromatic rings. The van der Waals surface area contributed by atoms with Crippen LogP contribution in [0.2, 0.25) is 0 Å². The third-order valence-electron chi connectivity index (χ3n) is 7.94. The summed E-state index contributed by atoms with van der Waals surface area (Å²) in [6, 6.07) is 26.2. The molecular weight excluding hydrogens is 492 g/mol. The number of carbonyl (C=O) groups is 1. The van der Waals surface area contributed by atoms with Gasteiger partial charge in [-0.05, 0) is 50.1 Å². The first kappa shape index (κ1) is 24.7. The lowest BCUT2D eigenvalue weighted by Gasteiger charge is -2.37. The summed E-state index contributed by atoms with van der Waals surface area (Å²) in [4.78, 5) is 45.0. The van der Waals surface area contributed by atoms with Crippen molar-refractivity contribution in [1.29, 1.82) is 0 Å². The van der Waals surface area contributed by atoms with Crippen LogP contribution in [0, 0.1) is 0 Å². The van der Waals surface area contributed by atoms with Gasteiger partial charge in [0.05, 0.1) is 16.9 Å². The van der Waals surface area contributed by atoms with Gasteiger partial charge in [0, 0.05) is 16.8 Å². The number of hydrogen-bond acceptors (Lipinski definition) is 4. The molecule has 0 bridgehead atoms. The van der Waals surface area contributed by atoms with Crippen LogP contribution >= 0.6 is 0 Å². The van der Waals surface area contributed by atoms with E-state index in [4.69, 9.17) is 4.52 Å². The molecule has 8 nitrogen and oxygen atoms in total. The molecule has 2 atom stereocenters. The van der Waals surface area contributed by atoms with E-state index < -0.39 is 23.2 Å². The minimum atomic E-state index is -0.916. The number of anilines is 1. The van der Waals surface area contributed by atoms with Crippen LogP contribution in [0.1, 0.15) is 40.3 Å². The highest BCUT2D eigenvalue weighted by Crippen LogP contribution is 2.45. The Bertz CT molecular complexity index is 1840. The molecule has 0 N–H and O–H groups in total. The fraction of sp³-hybridized carbons (Fsp3) is 0.258. The van der Waals surface area contributed by atoms with Crippen molar-refractivity contribution in [2.45, 2.75) is 51.9 Å². The Hall–Kier alpha value is -4.59. The zero-order chi connectivity index (χ0) is 27.5. The van der Waals surface area contributed by atoms with Gasteiger partial charge in [-0.25, -0.2) is 14.4 Å². The van der Waals surface area contributed by atoms with Gasteiger partial charge in [-0.3, -0.25) is 4.90 Å². The van der Waals surface area contributed by atoms with Gasteiger partial charge in [-0.2, -0.15) is 4.57 Å². The van der Waals surface area contributed by atoms with E-state index in [-0.39, 0.29) is 12.1 Å². The molecule has 198 valence electrons. The fourth-order valence-corrected chi connectivity index (χ4v) is 5.99. The average Bonchev–Trinajstić information content (AvgIpc) is 3.34. The van der Waals surface area contributed by atoms with E-state index in [1.165, 1.54) is 0 Å². The third-order valence-corrected chi connectivity index (χ3v) is 7.94. The van der Waals surface area contributed by atoms with Crippen molar-refractivity contribution in [1.82, 2.24) is 14.2 Å². The number of rotatable bonds is 5. The smallest absolute Gasteiger partial charge is 0.314 e. The SMILES string of the molecule is CCC(C)N1C(=O)N(c2cccc3ccccc23)C(n2oc(=O)n(-c3cccc4ccccc34)c2=O)C1(C)C. The van der Waals surface area contributed by atoms with Crippen molar-refractivity contribution in [2.24, 2.45) is 0 Å². The summed E-state index contributed by atoms with van der Waals surface area (Å²) < 4.78 is 7.86. The molecule has 0 radical (unpaired) electrons. The standard InChI is InChI=1S/C31H30N4O4/c1-5-20(2)34-28(36)32(25-18-10-14-21-12-6-8-16-23(21)25)27(31(34,3)4)35-29(37)33(30(38)39-35)26-19-11-15-22-13-7-9-17-24(22)26/h6-20,27H,5H2,1-4H3. The average molecular weight is 523 g/mol. The second-order valence-electron chi connectivity index (χ2n) is 10.6. The number of amides is 2. The van der Waals surface area contributed by atoms with Gasteiger partial charge < -0.3 is 9.42 Å². The minimum absolute atomic E-state index is 0.113. The molecule has 2 amide bonds. The summed E-state index contributed by atoms with van der Waals surface area (Å²) in [5, 5.41) is 3.47. The van der Waals surface area contributed by atoms with Crippen LogP contribution in [0.4, 0.5) is 10.5 Å². The van der Waals surface area contributed by atoms with Crippen LogP contribution in [0.25, 0.3) is 27.2 Å². The highest BCUT2D eigenvalue weighted by Gasteiger charge is 2.56. The van der Waals surface area contributed by atoms with Gasteiger partial charge in [0.25, 0.3) is 0 Å². The fourth-order valence-electron chi connectivity index (χ4n) is 5.99. The van der Waals surface area contributed by atoms with E-state index in [0.29, 0.717) is 11.4 Å². The molecule has 39 heavy (non-hydrogen) atoms. The van der Waals surface area contributed by atoms with Crippen LogP contribution in [-0.2, 0) is 0 Å². The number of nitrogens with zero attached hydrogens (tertiary/aromatic N) is 4. The number of hydrogen-bond donors (Lipinski definition) is 0. The Labute approximate surface area is 225 Å². The molecule has 1 aromatic heterocycles. The Morgan fingerprint density at radius 2 is 1.33 bits per heavy atom. The van der Waals surface area contributed by atoms with Crippen molar-refractivity contribution < 1.29 is 9.32 Å². The number of benzene rings is 4. The Morgan fingerprint density at radius 3 is 1.95 bits per heavy atom. The molecule has 0 aliphatic carbocycles. The molecule has 6 rings (SSSR count). The molecule has 2 heterocycles. The molecule has 1 aliphatic rings. The van der Waals surface area contributed by atoms with Crippen LogP contribution in [0.3, 0.4) is 0 Å². The van der Waals surface area contributed by atoms with Crippen molar-refractivity contribution in [3.8, 4) is 5.69 Å². The highest BCUT2D eigenvalue weighted by molar-refractivity contribution is 6.05. The molecule has 0 saturated carbocycles. The first-order chi connectivity index (χ1) is 18.8. The molecule has 2 unspecified atom stereocenters. The second kappa shape index (κ2) is 9.01. The monoisotopic (exact) mass is 522 g/mol. The zero-order valence-corrected chi connectivity index (χ0v) is 22.4. The quantitative estimate of drug-likeness (QED) is 0.287. The molecule has 1 fully saturated rings. The maximum absolute atomic E-state index is 14.2. The van der Waals surface area contributed by atoms with Gasteiger partial charge in [-0.1, -0.05) is 79.7 Å². The van der Waals surface area contributed by atoms with E-state index in [0.717, 1.165) is 37.3 Å². The highest BCUT2D eigenvalue weighted by atomic mass is 16.5. The van der Waals surface area contributed by atoms with Crippen LogP contribution in [0.5, 0.6) is 0 Å². The van der Waals surface area contributed by atoms with E-state index in [1.54, 1.807) is 21.9 Å². The number of urea groups is 1. The Balaban J connectivity index is 1.61. The van der Waals surface area contributed by atoms with Gasteiger partial charge >= 0.3 is 17.5 Å². The predicted molar refractivity (Wildman–Crippen MR) is 153 cm³/mol. The Kier molecular flexibility index (Phi) is 5.71. The van der Waals surface area contributed by atoms with E-state index in [9.17, 15) is 14.4 Å². The third kappa shape index (κ3) is 3.62. The lowest BCUT2D eigenvalue weighted by molar-refractivity contribution is 0.0756. The lowest BCUT2D eigenvalue weighted by atomic mass is 9.97. The summed E-state index contributed by atoms with van der Waals surface area (Å²) in [5.41, 5.74) is -0.454. The summed E-state index contributed by atoms with van der Waals surface area (Å²) >= 11 is 0. The number of carbonyl (C=O) groups excluding carboxylic acids is 1. The van der Waals surface area contributed by atoms with Crippen LogP contribution < -0.4 is 16.3 Å². The first-order valence-corrected chi connectivity index (χ1v) is 13.2. The van der Waals surface area contributed by atoms with Crippen LogP contribution in [-0.4, -0.2) is 31.8 Å². The molecule has 8 heteroatoms. The van der Waals surface area contributed by atoms with Gasteiger partial charge in [0.2, 0.25) is 0 Å². The number of aromatic nitrogens is 2. The first-order valence-electron chi connectivity index (χ1n) is 13.2. The van der Waals surface area contributed by atoms with E-state index in [1.807, 2.05) is 100 Å². The number of fused-ring (bicyclic) bond motifs is 2. The molecule has 0 spiro atoms. The van der Waals surface area contributed by atoms with Crippen molar-refractivity contribution >= 4 is 33.3 Å². The van der Waals surface area contributed by atoms with Crippen molar-refractivity contribution in [3.63, 3.8) is 0 Å². The summed E-state index contributed by atoms with van der Waals surface area (Å²) in [6.07, 6.45) is -0.192. The maximum Gasteiger partial charge on any atom is 0.447 e. The van der Waals surface area contributed by atoms with Crippen LogP contribution in [0.15, 0.2) is 99.0 Å². The van der Waals surface area contributed by atoms with Gasteiger partial charge in [-0.15, -0.1) is 4.74 Å². The summed E-state index contributed by atoms with van der Waals surface area (Å²) in [5.74, 6) is -0.806. The van der Waals surface area contributed by atoms with Crippen molar-refractivity contribution in [3.05, 3.63) is 106 Å². The Morgan fingerprint density at radius 1 is 0.795 bits per heavy atom. The summed E-state index contributed by atoms with van der Waals surface area (Å²) in [6.45, 7) is 7.83. The molecule has 1 saturated heterocycles. The maximum atomic E-state index is 14.2.